The monoisotopic (exact) mass is 865 g/mol. The minimum absolute atomic E-state index is 0.0952. The Balaban J connectivity index is 4.41. The van der Waals surface area contributed by atoms with Crippen molar-refractivity contribution < 1.29 is 28.6 Å². The van der Waals surface area contributed by atoms with E-state index in [9.17, 15) is 14.4 Å². The summed E-state index contributed by atoms with van der Waals surface area (Å²) in [6, 6.07) is 0. The van der Waals surface area contributed by atoms with E-state index < -0.39 is 6.10 Å². The summed E-state index contributed by atoms with van der Waals surface area (Å²) in [7, 11) is 0. The average molecular weight is 865 g/mol. The molecule has 6 nitrogen and oxygen atoms in total. The molecule has 1 unspecified atom stereocenters. The molecular weight excluding hydrogens is 769 g/mol. The van der Waals surface area contributed by atoms with Gasteiger partial charge < -0.3 is 14.2 Å². The van der Waals surface area contributed by atoms with Crippen LogP contribution in [0.3, 0.4) is 0 Å². The number of hydrogen-bond donors (Lipinski definition) is 0. The lowest BCUT2D eigenvalue weighted by Crippen LogP contribution is -2.30. The van der Waals surface area contributed by atoms with Crippen molar-refractivity contribution in [2.45, 2.75) is 252 Å². The predicted molar refractivity (Wildman–Crippen MR) is 265 cm³/mol. The van der Waals surface area contributed by atoms with Crippen molar-refractivity contribution in [3.8, 4) is 0 Å². The SMILES string of the molecule is CC/C=C\C/C=C\C/C=C\CCCCC(=O)OCC(COC(=O)CCCCCCC/C=C\CCCCCCCCCCC)OC(=O)CCCCCCCCC/C=C\C/C=C\CC. The van der Waals surface area contributed by atoms with E-state index in [4.69, 9.17) is 14.2 Å². The van der Waals surface area contributed by atoms with Crippen LogP contribution in [0, 0.1) is 0 Å². The van der Waals surface area contributed by atoms with Gasteiger partial charge in [0.05, 0.1) is 0 Å². The first kappa shape index (κ1) is 58.9. The van der Waals surface area contributed by atoms with Crippen LogP contribution in [-0.4, -0.2) is 37.2 Å². The van der Waals surface area contributed by atoms with Crippen LogP contribution in [0.1, 0.15) is 245 Å². The molecule has 0 fully saturated rings. The molecule has 0 spiro atoms. The van der Waals surface area contributed by atoms with E-state index in [1.165, 1.54) is 103 Å². The number of hydrogen-bond acceptors (Lipinski definition) is 6. The average Bonchev–Trinajstić information content (AvgIpc) is 3.27. The second-order valence-corrected chi connectivity index (χ2v) is 17.0. The fraction of sp³-hybridized carbons (Fsp3) is 0.732. The Morgan fingerprint density at radius 3 is 1.03 bits per heavy atom. The fourth-order valence-corrected chi connectivity index (χ4v) is 7.08. The van der Waals surface area contributed by atoms with Crippen LogP contribution < -0.4 is 0 Å². The molecule has 0 aliphatic carbocycles. The minimum Gasteiger partial charge on any atom is -0.462 e. The quantitative estimate of drug-likeness (QED) is 0.0262. The van der Waals surface area contributed by atoms with Crippen LogP contribution in [0.25, 0.3) is 0 Å². The number of ether oxygens (including phenoxy) is 3. The number of unbranched alkanes of at least 4 members (excludes halogenated alkanes) is 23. The highest BCUT2D eigenvalue weighted by atomic mass is 16.6. The summed E-state index contributed by atoms with van der Waals surface area (Å²) >= 11 is 0. The maximum absolute atomic E-state index is 12.8. The van der Waals surface area contributed by atoms with Crippen molar-refractivity contribution in [2.75, 3.05) is 13.2 Å². The lowest BCUT2D eigenvalue weighted by molar-refractivity contribution is -0.167. The molecule has 0 bridgehead atoms. The molecule has 0 aliphatic rings. The van der Waals surface area contributed by atoms with Crippen molar-refractivity contribution in [2.24, 2.45) is 0 Å². The molecule has 0 saturated carbocycles. The zero-order chi connectivity index (χ0) is 45.1. The van der Waals surface area contributed by atoms with Gasteiger partial charge in [0.15, 0.2) is 6.10 Å². The van der Waals surface area contributed by atoms with Crippen molar-refractivity contribution in [3.63, 3.8) is 0 Å². The molecule has 0 heterocycles. The first-order valence-corrected chi connectivity index (χ1v) is 25.9. The maximum Gasteiger partial charge on any atom is 0.306 e. The summed E-state index contributed by atoms with van der Waals surface area (Å²) in [4.78, 5) is 37.9. The van der Waals surface area contributed by atoms with Crippen LogP contribution in [0.4, 0.5) is 0 Å². The molecule has 0 N–H and O–H groups in total. The first-order chi connectivity index (χ1) is 30.5. The van der Waals surface area contributed by atoms with Crippen molar-refractivity contribution in [1.29, 1.82) is 0 Å². The molecule has 0 aromatic heterocycles. The summed E-state index contributed by atoms with van der Waals surface area (Å²) in [6.45, 7) is 6.37. The van der Waals surface area contributed by atoms with Gasteiger partial charge in [-0.25, -0.2) is 0 Å². The van der Waals surface area contributed by atoms with Gasteiger partial charge in [0.25, 0.3) is 0 Å². The van der Waals surface area contributed by atoms with E-state index in [-0.39, 0.29) is 31.1 Å². The Kier molecular flexibility index (Phi) is 47.9. The van der Waals surface area contributed by atoms with Gasteiger partial charge in [-0.3, -0.25) is 14.4 Å². The largest absolute Gasteiger partial charge is 0.462 e. The van der Waals surface area contributed by atoms with E-state index in [0.29, 0.717) is 19.3 Å². The lowest BCUT2D eigenvalue weighted by atomic mass is 10.1. The molecule has 0 amide bonds. The normalized spacial score (nSPS) is 12.6. The second-order valence-electron chi connectivity index (χ2n) is 17.0. The zero-order valence-corrected chi connectivity index (χ0v) is 40.6. The van der Waals surface area contributed by atoms with E-state index in [2.05, 4.69) is 93.7 Å². The third-order valence-electron chi connectivity index (χ3n) is 10.9. The Morgan fingerprint density at radius 1 is 0.339 bits per heavy atom. The van der Waals surface area contributed by atoms with Gasteiger partial charge in [-0.1, -0.05) is 196 Å². The van der Waals surface area contributed by atoms with Crippen LogP contribution in [-0.2, 0) is 28.6 Å². The fourth-order valence-electron chi connectivity index (χ4n) is 7.08. The van der Waals surface area contributed by atoms with E-state index in [1.54, 1.807) is 0 Å². The highest BCUT2D eigenvalue weighted by Crippen LogP contribution is 2.14. The van der Waals surface area contributed by atoms with Crippen molar-refractivity contribution in [3.05, 3.63) is 72.9 Å². The highest BCUT2D eigenvalue weighted by Gasteiger charge is 2.19. The Labute approximate surface area is 382 Å². The second kappa shape index (κ2) is 50.5. The third-order valence-corrected chi connectivity index (χ3v) is 10.9. The van der Waals surface area contributed by atoms with Gasteiger partial charge >= 0.3 is 17.9 Å². The molecule has 0 aromatic carbocycles. The summed E-state index contributed by atoms with van der Waals surface area (Å²) in [5, 5.41) is 0. The predicted octanol–water partition coefficient (Wildman–Crippen LogP) is 17.0. The first-order valence-electron chi connectivity index (χ1n) is 25.9. The van der Waals surface area contributed by atoms with Crippen molar-refractivity contribution in [1.82, 2.24) is 0 Å². The third kappa shape index (κ3) is 47.9. The molecule has 0 aromatic rings. The van der Waals surface area contributed by atoms with Gasteiger partial charge in [0.1, 0.15) is 13.2 Å². The van der Waals surface area contributed by atoms with Crippen LogP contribution in [0.5, 0.6) is 0 Å². The lowest BCUT2D eigenvalue weighted by Gasteiger charge is -2.18. The number of carbonyl (C=O) groups is 3. The van der Waals surface area contributed by atoms with Gasteiger partial charge in [-0.2, -0.15) is 0 Å². The smallest absolute Gasteiger partial charge is 0.306 e. The molecule has 1 atom stereocenters. The van der Waals surface area contributed by atoms with Gasteiger partial charge in [-0.05, 0) is 103 Å². The van der Waals surface area contributed by atoms with Crippen LogP contribution >= 0.6 is 0 Å². The summed E-state index contributed by atoms with van der Waals surface area (Å²) in [5.41, 5.74) is 0. The Morgan fingerprint density at radius 2 is 0.629 bits per heavy atom. The summed E-state index contributed by atoms with van der Waals surface area (Å²) in [5.74, 6) is -0.951. The summed E-state index contributed by atoms with van der Waals surface area (Å²) in [6.07, 6.45) is 63.2. The molecule has 0 saturated heterocycles. The molecule has 0 aliphatic heterocycles. The maximum atomic E-state index is 12.8. The molecule has 0 rings (SSSR count). The number of carbonyl (C=O) groups excluding carboxylic acids is 3. The zero-order valence-electron chi connectivity index (χ0n) is 40.6. The topological polar surface area (TPSA) is 78.9 Å². The molecule has 0 radical (unpaired) electrons. The standard InChI is InChI=1S/C56H96O6/c1-4-7-10-13-16-19-22-25-27-28-29-30-32-34-37-40-43-46-49-55(58)61-52-53(51-60-54(57)48-45-42-39-36-33-24-21-18-15-12-9-6-3)62-56(59)50-47-44-41-38-35-31-26-23-20-17-14-11-8-5-2/h8-9,11-12,17-18,20-21,29-30,33,36,53H,4-7,10,13-16,19,22-28,31-32,34-35,37-52H2,1-3H3/b11-8-,12-9-,20-17-,21-18-,30-29-,36-33-. The summed E-state index contributed by atoms with van der Waals surface area (Å²) < 4.78 is 16.7. The van der Waals surface area contributed by atoms with E-state index >= 15 is 0 Å². The molecule has 356 valence electrons. The van der Waals surface area contributed by atoms with E-state index in [0.717, 1.165) is 103 Å². The molecule has 62 heavy (non-hydrogen) atoms. The van der Waals surface area contributed by atoms with Gasteiger partial charge in [-0.15, -0.1) is 0 Å². The van der Waals surface area contributed by atoms with Gasteiger partial charge in [0, 0.05) is 19.3 Å². The Hall–Kier alpha value is -3.15. The minimum atomic E-state index is -0.797. The number of rotatable bonds is 46. The molecular formula is C56H96O6. The van der Waals surface area contributed by atoms with E-state index in [1.807, 2.05) is 0 Å². The number of allylic oxidation sites excluding steroid dienone is 12. The highest BCUT2D eigenvalue weighted by molar-refractivity contribution is 5.71. The van der Waals surface area contributed by atoms with Gasteiger partial charge in [0.2, 0.25) is 0 Å². The van der Waals surface area contributed by atoms with Crippen molar-refractivity contribution >= 4 is 17.9 Å². The number of esters is 3. The molecule has 6 heteroatoms. The van der Waals surface area contributed by atoms with Crippen LogP contribution in [0.2, 0.25) is 0 Å². The van der Waals surface area contributed by atoms with Crippen LogP contribution in [0.15, 0.2) is 72.9 Å². The Bertz CT molecular complexity index is 1180.